The van der Waals surface area contributed by atoms with Gasteiger partial charge in [-0.3, -0.25) is 14.4 Å². The van der Waals surface area contributed by atoms with Crippen LogP contribution in [0.15, 0.2) is 11.6 Å². The van der Waals surface area contributed by atoms with Crippen molar-refractivity contribution in [3.63, 3.8) is 0 Å². The van der Waals surface area contributed by atoms with E-state index in [0.29, 0.717) is 13.0 Å². The summed E-state index contributed by atoms with van der Waals surface area (Å²) < 4.78 is 23.0. The van der Waals surface area contributed by atoms with Gasteiger partial charge in [0.1, 0.15) is 12.2 Å². The number of allylic oxidation sites excluding steroid dienone is 1. The van der Waals surface area contributed by atoms with E-state index in [4.69, 9.17) is 18.9 Å². The minimum absolute atomic E-state index is 0.0934. The van der Waals surface area contributed by atoms with Crippen molar-refractivity contribution in [2.75, 3.05) is 13.2 Å². The van der Waals surface area contributed by atoms with Gasteiger partial charge >= 0.3 is 11.9 Å². The van der Waals surface area contributed by atoms with Gasteiger partial charge in [0.05, 0.1) is 18.1 Å². The van der Waals surface area contributed by atoms with Crippen LogP contribution in [0.2, 0.25) is 0 Å². The quantitative estimate of drug-likeness (QED) is 0.424. The van der Waals surface area contributed by atoms with E-state index in [2.05, 4.69) is 0 Å². The smallest absolute Gasteiger partial charge is 0.303 e. The Hall–Kier alpha value is -1.73. The van der Waals surface area contributed by atoms with E-state index in [9.17, 15) is 14.4 Å². The molecular formula is C19H24O7. The third kappa shape index (κ3) is 1.98. The first-order valence-corrected chi connectivity index (χ1v) is 8.99. The first-order chi connectivity index (χ1) is 12.2. The van der Waals surface area contributed by atoms with Crippen LogP contribution in [0.5, 0.6) is 0 Å². The molecule has 0 radical (unpaired) electrons. The van der Waals surface area contributed by atoms with E-state index in [1.165, 1.54) is 19.4 Å². The number of esters is 2. The van der Waals surface area contributed by atoms with Gasteiger partial charge in [0.2, 0.25) is 5.78 Å². The molecule has 7 nitrogen and oxygen atoms in total. The van der Waals surface area contributed by atoms with Gasteiger partial charge in [0.15, 0.2) is 12.2 Å². The van der Waals surface area contributed by atoms with E-state index >= 15 is 0 Å². The molecule has 1 saturated carbocycles. The highest BCUT2D eigenvalue weighted by Crippen LogP contribution is 2.71. The minimum Gasteiger partial charge on any atom is -0.465 e. The molecule has 0 N–H and O–H groups in total. The van der Waals surface area contributed by atoms with E-state index in [-0.39, 0.29) is 12.4 Å². The highest BCUT2D eigenvalue weighted by atomic mass is 16.6. The van der Waals surface area contributed by atoms with Crippen LogP contribution < -0.4 is 0 Å². The lowest BCUT2D eigenvalue weighted by atomic mass is 9.51. The van der Waals surface area contributed by atoms with Crippen LogP contribution >= 0.6 is 0 Å². The molecule has 0 amide bonds. The van der Waals surface area contributed by atoms with Crippen molar-refractivity contribution in [1.29, 1.82) is 0 Å². The van der Waals surface area contributed by atoms with Gasteiger partial charge in [-0.25, -0.2) is 0 Å². The maximum Gasteiger partial charge on any atom is 0.303 e. The molecule has 2 aliphatic carbocycles. The van der Waals surface area contributed by atoms with Gasteiger partial charge in [-0.2, -0.15) is 0 Å². The molecule has 3 fully saturated rings. The molecular weight excluding hydrogens is 340 g/mol. The second-order valence-corrected chi connectivity index (χ2v) is 8.16. The molecule has 1 spiro atoms. The highest BCUT2D eigenvalue weighted by molar-refractivity contribution is 5.96. The minimum atomic E-state index is -0.972. The highest BCUT2D eigenvalue weighted by Gasteiger charge is 2.86. The number of Topliss-reactive ketones (excluding diaryl/α,β-unsaturated/α-hetero) is 1. The Morgan fingerprint density at radius 2 is 2.00 bits per heavy atom. The average Bonchev–Trinajstić information content (AvgIpc) is 3.34. The first kappa shape index (κ1) is 17.7. The van der Waals surface area contributed by atoms with Crippen LogP contribution in [0.25, 0.3) is 0 Å². The van der Waals surface area contributed by atoms with Gasteiger partial charge in [-0.1, -0.05) is 18.6 Å². The standard InChI is InChI=1S/C19H24O7/c1-10-5-6-18(8-23-11(2)20)13(7-10)26-16-14(22)15(25-12(3)21)17(18,4)19(16)9-24-19/h7,13,15-16H,5-6,8-9H2,1-4H3/t13-,15+,16-,17-,18-,19-/m0/s1. The second-order valence-electron chi connectivity index (χ2n) is 8.16. The number of epoxide rings is 1. The fraction of sp³-hybridized carbons (Fsp3) is 0.737. The van der Waals surface area contributed by atoms with Crippen LogP contribution in [0.3, 0.4) is 0 Å². The lowest BCUT2D eigenvalue weighted by molar-refractivity contribution is -0.232. The summed E-state index contributed by atoms with van der Waals surface area (Å²) >= 11 is 0. The summed E-state index contributed by atoms with van der Waals surface area (Å²) in [5.41, 5.74) is -1.18. The van der Waals surface area contributed by atoms with Crippen molar-refractivity contribution in [3.05, 3.63) is 11.6 Å². The molecule has 6 atom stereocenters. The predicted octanol–water partition coefficient (Wildman–Crippen LogP) is 1.33. The normalized spacial score (nSPS) is 45.8. The van der Waals surface area contributed by atoms with Gasteiger partial charge in [0.25, 0.3) is 0 Å². The fourth-order valence-corrected chi connectivity index (χ4v) is 5.35. The summed E-state index contributed by atoms with van der Waals surface area (Å²) in [5.74, 6) is -1.17. The number of carbonyl (C=O) groups excluding carboxylic acids is 3. The molecule has 2 aliphatic heterocycles. The number of ketones is 1. The summed E-state index contributed by atoms with van der Waals surface area (Å²) in [6, 6.07) is 0. The summed E-state index contributed by atoms with van der Waals surface area (Å²) in [6.45, 7) is 7.06. The number of rotatable bonds is 3. The third-order valence-corrected chi connectivity index (χ3v) is 6.88. The number of hydrogen-bond donors (Lipinski definition) is 0. The van der Waals surface area contributed by atoms with E-state index < -0.39 is 46.7 Å². The maximum absolute atomic E-state index is 13.1. The monoisotopic (exact) mass is 364 g/mol. The molecule has 4 aliphatic rings. The van der Waals surface area contributed by atoms with Crippen LogP contribution in [0.1, 0.15) is 40.5 Å². The molecule has 7 heteroatoms. The summed E-state index contributed by atoms with van der Waals surface area (Å²) in [7, 11) is 0. The average molecular weight is 364 g/mol. The van der Waals surface area contributed by atoms with Crippen LogP contribution in [-0.2, 0) is 33.3 Å². The molecule has 4 rings (SSSR count). The van der Waals surface area contributed by atoms with Crippen molar-refractivity contribution in [3.8, 4) is 0 Å². The SMILES string of the molecule is CC(=O)OC[C@@]12CCC(C)=C[C@@H]1O[C@H]1C(=O)[C@@H](OC(C)=O)[C@]2(C)[C@]12CO2. The van der Waals surface area contributed by atoms with Crippen LogP contribution in [0, 0.1) is 10.8 Å². The Kier molecular flexibility index (Phi) is 3.66. The number of fused-ring (bicyclic) bond motifs is 2. The van der Waals surface area contributed by atoms with E-state index in [1.54, 1.807) is 0 Å². The topological polar surface area (TPSA) is 91.4 Å². The van der Waals surface area contributed by atoms with Crippen molar-refractivity contribution in [1.82, 2.24) is 0 Å². The Bertz CT molecular complexity index is 721. The molecule has 2 heterocycles. The van der Waals surface area contributed by atoms with Crippen LogP contribution in [-0.4, -0.2) is 54.8 Å². The zero-order valence-electron chi connectivity index (χ0n) is 15.5. The molecule has 0 unspecified atom stereocenters. The third-order valence-electron chi connectivity index (χ3n) is 6.88. The second kappa shape index (κ2) is 5.39. The van der Waals surface area contributed by atoms with E-state index in [1.807, 2.05) is 19.9 Å². The van der Waals surface area contributed by atoms with Crippen molar-refractivity contribution < 1.29 is 33.3 Å². The van der Waals surface area contributed by atoms with Gasteiger partial charge in [-0.05, 0) is 19.8 Å². The number of carbonyl (C=O) groups is 3. The predicted molar refractivity (Wildman–Crippen MR) is 88.1 cm³/mol. The first-order valence-electron chi connectivity index (χ1n) is 8.99. The number of hydrogen-bond acceptors (Lipinski definition) is 7. The largest absolute Gasteiger partial charge is 0.465 e. The fourth-order valence-electron chi connectivity index (χ4n) is 5.35. The molecule has 2 saturated heterocycles. The molecule has 0 aromatic rings. The lowest BCUT2D eigenvalue weighted by Gasteiger charge is -2.57. The zero-order valence-corrected chi connectivity index (χ0v) is 15.5. The van der Waals surface area contributed by atoms with E-state index in [0.717, 1.165) is 6.42 Å². The molecule has 0 aromatic heterocycles. The maximum atomic E-state index is 13.1. The Balaban J connectivity index is 1.87. The molecule has 2 bridgehead atoms. The van der Waals surface area contributed by atoms with Crippen molar-refractivity contribution in [2.24, 2.45) is 10.8 Å². The molecule has 26 heavy (non-hydrogen) atoms. The summed E-state index contributed by atoms with van der Waals surface area (Å²) in [6.07, 6.45) is 1.32. The van der Waals surface area contributed by atoms with Crippen molar-refractivity contribution in [2.45, 2.75) is 64.4 Å². The van der Waals surface area contributed by atoms with Crippen molar-refractivity contribution >= 4 is 17.7 Å². The van der Waals surface area contributed by atoms with Gasteiger partial charge < -0.3 is 18.9 Å². The lowest BCUT2D eigenvalue weighted by Crippen LogP contribution is -2.66. The van der Waals surface area contributed by atoms with Gasteiger partial charge in [-0.15, -0.1) is 0 Å². The van der Waals surface area contributed by atoms with Gasteiger partial charge in [0, 0.05) is 19.3 Å². The summed E-state index contributed by atoms with van der Waals surface area (Å²) in [4.78, 5) is 36.4. The summed E-state index contributed by atoms with van der Waals surface area (Å²) in [5, 5.41) is 0. The molecule has 0 aromatic carbocycles. The Labute approximate surface area is 152 Å². The molecule has 142 valence electrons. The zero-order chi connectivity index (χ0) is 18.9. The van der Waals surface area contributed by atoms with Crippen LogP contribution in [0.4, 0.5) is 0 Å². The number of ether oxygens (including phenoxy) is 4. The Morgan fingerprint density at radius 3 is 2.58 bits per heavy atom. The Morgan fingerprint density at radius 1 is 1.31 bits per heavy atom.